The third-order valence-electron chi connectivity index (χ3n) is 5.60. The maximum atomic E-state index is 14.9. The van der Waals surface area contributed by atoms with Crippen LogP contribution in [0, 0.1) is 11.6 Å². The lowest BCUT2D eigenvalue weighted by Gasteiger charge is -2.33. The van der Waals surface area contributed by atoms with Gasteiger partial charge in [0.1, 0.15) is 11.8 Å². The predicted molar refractivity (Wildman–Crippen MR) is 106 cm³/mol. The molecule has 2 aliphatic heterocycles. The molecular formula is C19H23F2N7O3. The predicted octanol–water partition coefficient (Wildman–Crippen LogP) is 1.33. The van der Waals surface area contributed by atoms with Crippen molar-refractivity contribution in [1.82, 2.24) is 25.5 Å². The van der Waals surface area contributed by atoms with Crippen molar-refractivity contribution >= 4 is 23.4 Å². The Morgan fingerprint density at radius 1 is 1.26 bits per heavy atom. The zero-order chi connectivity index (χ0) is 22.1. The van der Waals surface area contributed by atoms with Gasteiger partial charge >= 0.3 is 6.09 Å². The molecule has 10 nitrogen and oxygen atoms in total. The molecule has 0 bridgehead atoms. The highest BCUT2D eigenvalue weighted by atomic mass is 19.1. The van der Waals surface area contributed by atoms with E-state index >= 15 is 0 Å². The number of benzene rings is 1. The highest BCUT2D eigenvalue weighted by Crippen LogP contribution is 2.34. The second-order valence-electron chi connectivity index (χ2n) is 7.73. The van der Waals surface area contributed by atoms with E-state index in [-0.39, 0.29) is 36.3 Å². The van der Waals surface area contributed by atoms with Gasteiger partial charge in [-0.15, -0.1) is 5.10 Å². The molecule has 0 aliphatic carbocycles. The second-order valence-corrected chi connectivity index (χ2v) is 7.73. The fourth-order valence-corrected chi connectivity index (χ4v) is 4.05. The number of hydrogen-bond acceptors (Lipinski definition) is 7. The van der Waals surface area contributed by atoms with E-state index in [1.165, 1.54) is 6.92 Å². The number of cyclic esters (lactones) is 1. The van der Waals surface area contributed by atoms with Crippen LogP contribution in [0.2, 0.25) is 0 Å². The molecule has 4 rings (SSSR count). The second kappa shape index (κ2) is 8.44. The molecule has 0 unspecified atom stereocenters. The molecule has 0 saturated carbocycles. The van der Waals surface area contributed by atoms with Gasteiger partial charge in [-0.3, -0.25) is 9.69 Å². The summed E-state index contributed by atoms with van der Waals surface area (Å²) in [6.45, 7) is 2.49. The lowest BCUT2D eigenvalue weighted by atomic mass is 9.95. The zero-order valence-electron chi connectivity index (χ0n) is 17.2. The molecule has 1 aromatic heterocycles. The number of nitrogens with zero attached hydrogens (tertiary/aromatic N) is 6. The van der Waals surface area contributed by atoms with Crippen molar-refractivity contribution in [1.29, 1.82) is 0 Å². The first kappa shape index (κ1) is 20.9. The highest BCUT2D eigenvalue weighted by Gasteiger charge is 2.34. The molecule has 2 fully saturated rings. The summed E-state index contributed by atoms with van der Waals surface area (Å²) in [5.41, 5.74) is -0.0326. The molecule has 2 aromatic rings. The summed E-state index contributed by atoms with van der Waals surface area (Å²) in [5.74, 6) is -0.854. The van der Waals surface area contributed by atoms with E-state index in [0.29, 0.717) is 25.9 Å². The maximum Gasteiger partial charge on any atom is 0.414 e. The number of ether oxygens (including phenoxy) is 1. The van der Waals surface area contributed by atoms with Gasteiger partial charge in [-0.25, -0.2) is 18.3 Å². The molecule has 1 N–H and O–H groups in total. The number of halogens is 2. The molecular weight excluding hydrogens is 412 g/mol. The molecule has 12 heteroatoms. The van der Waals surface area contributed by atoms with Gasteiger partial charge in [0.2, 0.25) is 5.91 Å². The number of piperidine rings is 1. The monoisotopic (exact) mass is 435 g/mol. The minimum atomic E-state index is -0.744. The van der Waals surface area contributed by atoms with Crippen LogP contribution in [0.3, 0.4) is 0 Å². The van der Waals surface area contributed by atoms with Crippen LogP contribution >= 0.6 is 0 Å². The number of carbonyl (C=O) groups is 2. The Balaban J connectivity index is 1.45. The van der Waals surface area contributed by atoms with E-state index in [1.54, 1.807) is 16.6 Å². The van der Waals surface area contributed by atoms with Gasteiger partial charge in [0.15, 0.2) is 17.5 Å². The third kappa shape index (κ3) is 4.28. The first-order chi connectivity index (χ1) is 14.8. The van der Waals surface area contributed by atoms with Crippen LogP contribution in [-0.2, 0) is 16.6 Å². The number of aromatic nitrogens is 4. The van der Waals surface area contributed by atoms with Crippen LogP contribution in [0.5, 0.6) is 0 Å². The van der Waals surface area contributed by atoms with E-state index in [9.17, 15) is 18.4 Å². The zero-order valence-corrected chi connectivity index (χ0v) is 17.2. The Hall–Kier alpha value is -3.31. The first-order valence-electron chi connectivity index (χ1n) is 10.0. The van der Waals surface area contributed by atoms with Crippen LogP contribution in [-0.4, -0.2) is 64.5 Å². The van der Waals surface area contributed by atoms with Gasteiger partial charge in [0.05, 0.1) is 18.8 Å². The minimum absolute atomic E-state index is 0.0779. The van der Waals surface area contributed by atoms with Crippen LogP contribution in [0.15, 0.2) is 12.1 Å². The number of aryl methyl sites for hydroxylation is 1. The van der Waals surface area contributed by atoms with E-state index in [1.807, 2.05) is 0 Å². The lowest BCUT2D eigenvalue weighted by molar-refractivity contribution is -0.119. The summed E-state index contributed by atoms with van der Waals surface area (Å²) in [6, 6.07) is 2.28. The van der Waals surface area contributed by atoms with Crippen molar-refractivity contribution in [3.8, 4) is 0 Å². The van der Waals surface area contributed by atoms with Crippen molar-refractivity contribution in [2.75, 3.05) is 36.0 Å². The summed E-state index contributed by atoms with van der Waals surface area (Å²) >= 11 is 0. The fraction of sp³-hybridized carbons (Fsp3) is 0.526. The Labute approximate surface area is 177 Å². The van der Waals surface area contributed by atoms with Crippen molar-refractivity contribution in [3.63, 3.8) is 0 Å². The Kier molecular flexibility index (Phi) is 5.70. The van der Waals surface area contributed by atoms with Crippen molar-refractivity contribution in [2.45, 2.75) is 31.8 Å². The Morgan fingerprint density at radius 2 is 1.94 bits per heavy atom. The van der Waals surface area contributed by atoms with Crippen molar-refractivity contribution in [2.24, 2.45) is 7.05 Å². The van der Waals surface area contributed by atoms with E-state index in [4.69, 9.17) is 4.74 Å². The van der Waals surface area contributed by atoms with Crippen LogP contribution in [0.1, 0.15) is 31.5 Å². The number of carbonyl (C=O) groups excluding carboxylic acids is 2. The largest absolute Gasteiger partial charge is 0.442 e. The summed E-state index contributed by atoms with van der Waals surface area (Å²) < 4.78 is 36.6. The van der Waals surface area contributed by atoms with Gasteiger partial charge in [0, 0.05) is 45.1 Å². The average Bonchev–Trinajstić information content (AvgIpc) is 3.31. The fourth-order valence-electron chi connectivity index (χ4n) is 4.05. The normalized spacial score (nSPS) is 19.6. The molecule has 2 saturated heterocycles. The summed E-state index contributed by atoms with van der Waals surface area (Å²) in [4.78, 5) is 26.0. The molecule has 0 spiro atoms. The summed E-state index contributed by atoms with van der Waals surface area (Å²) in [6.07, 6.45) is 0.0345. The van der Waals surface area contributed by atoms with Crippen molar-refractivity contribution < 1.29 is 23.1 Å². The van der Waals surface area contributed by atoms with Crippen molar-refractivity contribution in [3.05, 3.63) is 29.6 Å². The lowest BCUT2D eigenvalue weighted by Crippen LogP contribution is -2.35. The van der Waals surface area contributed by atoms with Gasteiger partial charge in [0.25, 0.3) is 0 Å². The molecule has 0 radical (unpaired) electrons. The summed E-state index contributed by atoms with van der Waals surface area (Å²) in [7, 11) is 1.77. The number of hydrogen-bond donors (Lipinski definition) is 1. The average molecular weight is 435 g/mol. The van der Waals surface area contributed by atoms with Crippen LogP contribution < -0.4 is 15.1 Å². The SMILES string of the molecule is CC(=O)NC[C@H]1CN(c2cc(F)c(N3CCC(c4nnnn4C)CC3)c(F)c2)C(=O)O1. The number of anilines is 2. The maximum absolute atomic E-state index is 14.9. The molecule has 1 atom stereocenters. The quantitative estimate of drug-likeness (QED) is 0.755. The molecule has 31 heavy (non-hydrogen) atoms. The Bertz CT molecular complexity index is 968. The number of nitrogens with one attached hydrogen (secondary N) is 1. The molecule has 3 heterocycles. The number of amides is 2. The number of tetrazole rings is 1. The van der Waals surface area contributed by atoms with Gasteiger partial charge < -0.3 is 15.0 Å². The van der Waals surface area contributed by atoms with Gasteiger partial charge in [-0.1, -0.05) is 0 Å². The molecule has 166 valence electrons. The van der Waals surface area contributed by atoms with Crippen LogP contribution in [0.25, 0.3) is 0 Å². The van der Waals surface area contributed by atoms with E-state index in [2.05, 4.69) is 20.8 Å². The minimum Gasteiger partial charge on any atom is -0.442 e. The third-order valence-corrected chi connectivity index (χ3v) is 5.60. The van der Waals surface area contributed by atoms with E-state index in [0.717, 1.165) is 22.9 Å². The molecule has 1 aromatic carbocycles. The molecule has 2 amide bonds. The smallest absolute Gasteiger partial charge is 0.414 e. The molecule has 2 aliphatic rings. The van der Waals surface area contributed by atoms with Crippen LogP contribution in [0.4, 0.5) is 25.0 Å². The summed E-state index contributed by atoms with van der Waals surface area (Å²) in [5, 5.41) is 14.1. The topological polar surface area (TPSA) is 105 Å². The Morgan fingerprint density at radius 3 is 2.52 bits per heavy atom. The first-order valence-corrected chi connectivity index (χ1v) is 10.0. The van der Waals surface area contributed by atoms with Gasteiger partial charge in [-0.2, -0.15) is 0 Å². The van der Waals surface area contributed by atoms with E-state index < -0.39 is 23.8 Å². The standard InChI is InChI=1S/C19H23F2N7O3/c1-11(29)22-9-14-10-28(19(30)31-14)13-7-15(20)17(16(21)8-13)27-5-3-12(4-6-27)18-23-24-25-26(18)2/h7-8,12,14H,3-6,9-10H2,1-2H3,(H,22,29)/t14-/m0/s1. The number of rotatable bonds is 5. The van der Waals surface area contributed by atoms with Gasteiger partial charge in [-0.05, 0) is 23.3 Å². The highest BCUT2D eigenvalue weighted by molar-refractivity contribution is 5.90.